The van der Waals surface area contributed by atoms with E-state index in [-0.39, 0.29) is 47.0 Å². The van der Waals surface area contributed by atoms with E-state index in [4.69, 9.17) is 24.2 Å². The molecule has 10 heteroatoms. The lowest BCUT2D eigenvalue weighted by atomic mass is 9.43. The highest BCUT2D eigenvalue weighted by Gasteiger charge is 2.69. The molecule has 1 aromatic rings. The van der Waals surface area contributed by atoms with E-state index in [0.717, 1.165) is 6.42 Å². The van der Waals surface area contributed by atoms with Gasteiger partial charge in [-0.2, -0.15) is 4.98 Å². The Kier molecular flexibility index (Phi) is 5.93. The summed E-state index contributed by atoms with van der Waals surface area (Å²) in [5.41, 5.74) is 5.31. The molecule has 1 unspecified atom stereocenters. The topological polar surface area (TPSA) is 97.8 Å². The summed E-state index contributed by atoms with van der Waals surface area (Å²) < 4.78 is 28.1. The minimum absolute atomic E-state index is 0.0445. The van der Waals surface area contributed by atoms with Crippen molar-refractivity contribution in [3.8, 4) is 0 Å². The van der Waals surface area contributed by atoms with E-state index in [1.807, 2.05) is 0 Å². The highest BCUT2D eigenvalue weighted by Crippen LogP contribution is 2.66. The van der Waals surface area contributed by atoms with Crippen LogP contribution in [0.1, 0.15) is 67.0 Å². The van der Waals surface area contributed by atoms with E-state index in [9.17, 15) is 4.79 Å². The van der Waals surface area contributed by atoms with Gasteiger partial charge in [0.05, 0.1) is 24.4 Å². The predicted molar refractivity (Wildman–Crippen MR) is 138 cm³/mol. The van der Waals surface area contributed by atoms with Crippen molar-refractivity contribution in [3.05, 3.63) is 22.7 Å². The minimum Gasteiger partial charge on any atom is -0.414 e. The third kappa shape index (κ3) is 4.04. The minimum atomic E-state index is -1.99. The maximum atomic E-state index is 12.6. The molecule has 2 N–H and O–H groups in total. The number of rotatable bonds is 5. The predicted octanol–water partition coefficient (Wildman–Crippen LogP) is 4.23. The molecule has 5 aliphatic rings. The number of nitrogens with zero attached hydrogens (tertiary/aromatic N) is 2. The average Bonchev–Trinajstić information content (AvgIpc) is 3.31. The van der Waals surface area contributed by atoms with E-state index in [0.29, 0.717) is 24.9 Å². The van der Waals surface area contributed by atoms with Gasteiger partial charge in [0.1, 0.15) is 12.0 Å². The van der Waals surface area contributed by atoms with Gasteiger partial charge < -0.3 is 24.2 Å². The number of ether oxygens (including phenoxy) is 1. The van der Waals surface area contributed by atoms with Gasteiger partial charge in [0.2, 0.25) is 0 Å². The van der Waals surface area contributed by atoms with Crippen LogP contribution in [0.15, 0.2) is 17.1 Å². The van der Waals surface area contributed by atoms with Gasteiger partial charge in [-0.1, -0.05) is 34.6 Å². The third-order valence-electron chi connectivity index (χ3n) is 10.2. The monoisotopic (exact) mass is 503 g/mol. The molecule has 0 radical (unpaired) electrons. The van der Waals surface area contributed by atoms with Crippen molar-refractivity contribution in [3.63, 3.8) is 0 Å². The lowest BCUT2D eigenvalue weighted by Crippen LogP contribution is -2.65. The molecule has 0 spiro atoms. The largest absolute Gasteiger partial charge is 0.463 e. The molecule has 8 nitrogen and oxygen atoms in total. The van der Waals surface area contributed by atoms with E-state index >= 15 is 0 Å². The maximum absolute atomic E-state index is 12.6. The Morgan fingerprint density at radius 3 is 2.60 bits per heavy atom. The quantitative estimate of drug-likeness (QED) is 0.601. The molecular formula is C25H42BN3O5Si. The van der Waals surface area contributed by atoms with Crippen molar-refractivity contribution in [1.82, 2.24) is 9.55 Å². The van der Waals surface area contributed by atoms with Crippen LogP contribution in [0.2, 0.25) is 23.9 Å². The molecular weight excluding hydrogens is 461 g/mol. The lowest BCUT2D eigenvalue weighted by Gasteiger charge is -2.64. The Labute approximate surface area is 210 Å². The van der Waals surface area contributed by atoms with Crippen molar-refractivity contribution >= 4 is 21.3 Å². The summed E-state index contributed by atoms with van der Waals surface area (Å²) in [5.74, 6) is 1.35. The molecule has 6 rings (SSSR count). The molecule has 2 aliphatic heterocycles. The summed E-state index contributed by atoms with van der Waals surface area (Å²) in [6.07, 6.45) is 3.92. The van der Waals surface area contributed by atoms with Crippen LogP contribution < -0.4 is 11.4 Å². The Morgan fingerprint density at radius 1 is 1.26 bits per heavy atom. The second-order valence-corrected chi connectivity index (χ2v) is 18.3. The van der Waals surface area contributed by atoms with Crippen LogP contribution in [0.5, 0.6) is 0 Å². The van der Waals surface area contributed by atoms with Gasteiger partial charge in [0, 0.05) is 12.0 Å². The molecule has 194 valence electrons. The van der Waals surface area contributed by atoms with Crippen molar-refractivity contribution in [2.45, 2.75) is 109 Å². The van der Waals surface area contributed by atoms with Crippen LogP contribution in [0.3, 0.4) is 0 Å². The summed E-state index contributed by atoms with van der Waals surface area (Å²) in [7, 11) is -2.37. The first-order valence-corrected chi connectivity index (χ1v) is 16.0. The van der Waals surface area contributed by atoms with E-state index in [1.54, 1.807) is 12.3 Å². The van der Waals surface area contributed by atoms with Crippen molar-refractivity contribution in [2.75, 3.05) is 12.3 Å². The van der Waals surface area contributed by atoms with Gasteiger partial charge in [-0.05, 0) is 67.6 Å². The highest BCUT2D eigenvalue weighted by atomic mass is 28.4. The molecule has 7 atom stereocenters. The van der Waals surface area contributed by atoms with Gasteiger partial charge >= 0.3 is 12.8 Å². The zero-order valence-corrected chi connectivity index (χ0v) is 23.5. The first kappa shape index (κ1) is 25.5. The first-order chi connectivity index (χ1) is 16.1. The third-order valence-corrected chi connectivity index (χ3v) is 14.7. The fourth-order valence-corrected chi connectivity index (χ4v) is 7.62. The fourth-order valence-electron chi connectivity index (χ4n) is 6.61. The SMILES string of the molecule is CC1(C)[C@@H]2C[C@H]3OB([C@H]4CC(n5ccc(N)nc5=O)O[C@@H]4CO[Si](C)(C)C(C)(C)C)O[C@@]3(C)[C@H]1C2. The molecule has 2 bridgehead atoms. The summed E-state index contributed by atoms with van der Waals surface area (Å²) in [6.45, 7) is 18.6. The zero-order valence-electron chi connectivity index (χ0n) is 22.5. The van der Waals surface area contributed by atoms with Gasteiger partial charge in [-0.25, -0.2) is 4.79 Å². The lowest BCUT2D eigenvalue weighted by molar-refractivity contribution is -0.199. The molecule has 0 amide bonds. The number of aromatic nitrogens is 2. The number of nitrogen functional groups attached to an aromatic ring is 1. The van der Waals surface area contributed by atoms with Crippen LogP contribution in [0.4, 0.5) is 5.82 Å². The summed E-state index contributed by atoms with van der Waals surface area (Å²) in [4.78, 5) is 16.5. The average molecular weight is 504 g/mol. The molecule has 35 heavy (non-hydrogen) atoms. The zero-order chi connectivity index (χ0) is 25.6. The van der Waals surface area contributed by atoms with Crippen LogP contribution in [-0.4, -0.2) is 49.4 Å². The standard InChI is InChI=1S/C25H42BN3O5Si/c1-23(2,3)35(7,8)31-14-17-16(13-21(32-17)29-10-9-20(27)28-22(29)30)26-33-19-12-15-11-18(24(15,4)5)25(19,6)34-26/h9-10,15-19,21H,11-14H2,1-8H3,(H2,27,28,30)/t15-,16-,17+,18-,19+,21?,25-/m0/s1. The maximum Gasteiger partial charge on any atom is 0.463 e. The summed E-state index contributed by atoms with van der Waals surface area (Å²) >= 11 is 0. The number of nitrogens with two attached hydrogens (primary N) is 1. The fraction of sp³-hybridized carbons (Fsp3) is 0.840. The van der Waals surface area contributed by atoms with Crippen LogP contribution in [0, 0.1) is 17.3 Å². The summed E-state index contributed by atoms with van der Waals surface area (Å²) in [5, 5.41) is 0.0909. The Bertz CT molecular complexity index is 1040. The molecule has 5 fully saturated rings. The smallest absolute Gasteiger partial charge is 0.414 e. The van der Waals surface area contributed by atoms with Gasteiger partial charge in [-0.15, -0.1) is 0 Å². The Balaban J connectivity index is 1.39. The molecule has 3 aliphatic carbocycles. The first-order valence-electron chi connectivity index (χ1n) is 13.1. The van der Waals surface area contributed by atoms with E-state index in [1.165, 1.54) is 11.0 Å². The second-order valence-electron chi connectivity index (χ2n) is 13.5. The van der Waals surface area contributed by atoms with Crippen LogP contribution in [0.25, 0.3) is 0 Å². The molecule has 3 heterocycles. The normalized spacial score (nSPS) is 38.3. The number of hydrogen-bond donors (Lipinski definition) is 1. The van der Waals surface area contributed by atoms with Crippen molar-refractivity contribution < 1.29 is 18.5 Å². The number of hydrogen-bond acceptors (Lipinski definition) is 7. The second kappa shape index (κ2) is 8.15. The molecule has 0 aromatic carbocycles. The molecule has 3 saturated carbocycles. The Hall–Kier alpha value is -1.20. The van der Waals surface area contributed by atoms with E-state index < -0.39 is 20.2 Å². The van der Waals surface area contributed by atoms with Crippen LogP contribution >= 0.6 is 0 Å². The molecule has 1 aromatic heterocycles. The van der Waals surface area contributed by atoms with E-state index in [2.05, 4.69) is 59.6 Å². The van der Waals surface area contributed by atoms with Gasteiger partial charge in [0.25, 0.3) is 0 Å². The Morgan fingerprint density at radius 2 is 1.97 bits per heavy atom. The van der Waals surface area contributed by atoms with Gasteiger partial charge in [-0.3, -0.25) is 4.57 Å². The van der Waals surface area contributed by atoms with Crippen molar-refractivity contribution in [1.29, 1.82) is 0 Å². The number of anilines is 1. The van der Waals surface area contributed by atoms with Crippen molar-refractivity contribution in [2.24, 2.45) is 17.3 Å². The van der Waals surface area contributed by atoms with Crippen LogP contribution in [-0.2, 0) is 18.5 Å². The highest BCUT2D eigenvalue weighted by molar-refractivity contribution is 6.74. The summed E-state index contributed by atoms with van der Waals surface area (Å²) in [6, 6.07) is 1.63. The van der Waals surface area contributed by atoms with Gasteiger partial charge in [0.15, 0.2) is 8.32 Å². The molecule has 2 saturated heterocycles.